The van der Waals surface area contributed by atoms with Crippen LogP contribution in [-0.2, 0) is 10.6 Å². The Morgan fingerprint density at radius 2 is 2.43 bits per heavy atom. The molecule has 78 valence electrons. The minimum atomic E-state index is 0.00674. The highest BCUT2D eigenvalue weighted by Gasteiger charge is 2.40. The lowest BCUT2D eigenvalue weighted by Gasteiger charge is -2.46. The summed E-state index contributed by atoms with van der Waals surface area (Å²) in [4.78, 5) is 7.64. The van der Waals surface area contributed by atoms with Crippen molar-refractivity contribution < 1.29 is 4.74 Å². The van der Waals surface area contributed by atoms with E-state index in [-0.39, 0.29) is 5.60 Å². The Morgan fingerprint density at radius 3 is 2.93 bits per heavy atom. The van der Waals surface area contributed by atoms with E-state index in [0.717, 1.165) is 23.1 Å². The molecule has 0 aliphatic carbocycles. The lowest BCUT2D eigenvalue weighted by molar-refractivity contribution is -0.0167. The van der Waals surface area contributed by atoms with Crippen LogP contribution >= 0.6 is 22.9 Å². The Hall–Kier alpha value is -0.320. The number of alkyl halides is 1. The largest absolute Gasteiger partial charge is 0.375 e. The van der Waals surface area contributed by atoms with Crippen LogP contribution in [0.1, 0.15) is 11.8 Å². The molecule has 14 heavy (non-hydrogen) atoms. The molecule has 3 nitrogen and oxygen atoms in total. The second-order valence-electron chi connectivity index (χ2n) is 3.75. The van der Waals surface area contributed by atoms with Gasteiger partial charge in [0, 0.05) is 18.2 Å². The third kappa shape index (κ3) is 1.74. The summed E-state index contributed by atoms with van der Waals surface area (Å²) in [5.74, 6) is 0.549. The van der Waals surface area contributed by atoms with Gasteiger partial charge in [0.2, 0.25) is 0 Å². The molecule has 1 aromatic heterocycles. The molecule has 5 heteroatoms. The van der Waals surface area contributed by atoms with E-state index in [1.54, 1.807) is 18.4 Å². The molecule has 1 aliphatic rings. The van der Waals surface area contributed by atoms with Crippen molar-refractivity contribution in [2.75, 3.05) is 25.1 Å². The van der Waals surface area contributed by atoms with Crippen molar-refractivity contribution in [3.05, 3.63) is 11.1 Å². The maximum Gasteiger partial charge on any atom is 0.185 e. The second-order valence-corrected chi connectivity index (χ2v) is 5.11. The first-order chi connectivity index (χ1) is 6.67. The van der Waals surface area contributed by atoms with Crippen molar-refractivity contribution >= 4 is 28.1 Å². The van der Waals surface area contributed by atoms with Crippen LogP contribution in [0.3, 0.4) is 0 Å². The number of anilines is 1. The highest BCUT2D eigenvalue weighted by molar-refractivity contribution is 7.15. The maximum atomic E-state index is 5.72. The summed E-state index contributed by atoms with van der Waals surface area (Å²) in [6.07, 6.45) is 1.84. The van der Waals surface area contributed by atoms with Gasteiger partial charge in [0.05, 0.1) is 24.6 Å². The Balaban J connectivity index is 1.99. The van der Waals surface area contributed by atoms with E-state index in [4.69, 9.17) is 16.3 Å². The van der Waals surface area contributed by atoms with Crippen molar-refractivity contribution in [1.29, 1.82) is 0 Å². The third-order valence-corrected chi connectivity index (χ3v) is 3.99. The van der Waals surface area contributed by atoms with Crippen molar-refractivity contribution in [2.24, 2.45) is 0 Å². The highest BCUT2D eigenvalue weighted by atomic mass is 35.5. The summed E-state index contributed by atoms with van der Waals surface area (Å²) < 4.78 is 5.37. The van der Waals surface area contributed by atoms with E-state index in [0.29, 0.717) is 5.88 Å². The van der Waals surface area contributed by atoms with E-state index in [9.17, 15) is 0 Å². The molecule has 1 aromatic rings. The number of thiazole rings is 1. The van der Waals surface area contributed by atoms with Gasteiger partial charge in [0.15, 0.2) is 5.13 Å². The van der Waals surface area contributed by atoms with Gasteiger partial charge in [-0.2, -0.15) is 0 Å². The number of rotatable bonds is 3. The first-order valence-corrected chi connectivity index (χ1v) is 5.83. The first-order valence-electron chi connectivity index (χ1n) is 4.48. The Morgan fingerprint density at radius 1 is 1.71 bits per heavy atom. The maximum absolute atomic E-state index is 5.72. The van der Waals surface area contributed by atoms with Crippen LogP contribution in [-0.4, -0.2) is 30.8 Å². The van der Waals surface area contributed by atoms with Gasteiger partial charge in [0.25, 0.3) is 0 Å². The number of halogens is 1. The van der Waals surface area contributed by atoms with Gasteiger partial charge in [0.1, 0.15) is 0 Å². The number of ether oxygens (including phenoxy) is 1. The molecule has 0 saturated carbocycles. The molecule has 1 aliphatic heterocycles. The summed E-state index contributed by atoms with van der Waals surface area (Å²) >= 11 is 7.37. The van der Waals surface area contributed by atoms with Crippen LogP contribution in [0.25, 0.3) is 0 Å². The van der Waals surface area contributed by atoms with Crippen LogP contribution < -0.4 is 4.90 Å². The molecular formula is C9H13ClN2OS. The van der Waals surface area contributed by atoms with Crippen molar-refractivity contribution in [3.63, 3.8) is 0 Å². The lowest BCUT2D eigenvalue weighted by atomic mass is 9.97. The van der Waals surface area contributed by atoms with Crippen LogP contribution in [0.4, 0.5) is 5.13 Å². The zero-order chi connectivity index (χ0) is 10.2. The van der Waals surface area contributed by atoms with Gasteiger partial charge in [-0.3, -0.25) is 0 Å². The Kier molecular flexibility index (Phi) is 2.68. The summed E-state index contributed by atoms with van der Waals surface area (Å²) in [5, 5.41) is 1.05. The summed E-state index contributed by atoms with van der Waals surface area (Å²) in [6, 6.07) is 0. The normalized spacial score (nSPS) is 19.5. The number of methoxy groups -OCH3 is 1. The van der Waals surface area contributed by atoms with E-state index < -0.39 is 0 Å². The summed E-state index contributed by atoms with van der Waals surface area (Å²) in [7, 11) is 1.75. The van der Waals surface area contributed by atoms with Crippen LogP contribution in [0.5, 0.6) is 0 Å². The Labute approximate surface area is 92.7 Å². The van der Waals surface area contributed by atoms with Crippen molar-refractivity contribution in [2.45, 2.75) is 18.4 Å². The van der Waals surface area contributed by atoms with Crippen LogP contribution in [0, 0.1) is 0 Å². The van der Waals surface area contributed by atoms with Crippen LogP contribution in [0.2, 0.25) is 0 Å². The monoisotopic (exact) mass is 232 g/mol. The van der Waals surface area contributed by atoms with E-state index in [1.807, 2.05) is 6.20 Å². The molecule has 2 heterocycles. The molecule has 2 rings (SSSR count). The topological polar surface area (TPSA) is 25.4 Å². The molecule has 0 spiro atoms. The standard InChI is InChI=1S/C9H13ClN2OS/c1-9(13-2)5-12(6-9)8-11-4-7(3-10)14-8/h4H,3,5-6H2,1-2H3. The number of hydrogen-bond acceptors (Lipinski definition) is 4. The van der Waals surface area contributed by atoms with Gasteiger partial charge in [-0.25, -0.2) is 4.98 Å². The fourth-order valence-electron chi connectivity index (χ4n) is 1.53. The average molecular weight is 233 g/mol. The average Bonchev–Trinajstić information content (AvgIpc) is 2.61. The van der Waals surface area contributed by atoms with E-state index in [1.165, 1.54) is 0 Å². The predicted octanol–water partition coefficient (Wildman–Crippen LogP) is 2.11. The van der Waals surface area contributed by atoms with Crippen molar-refractivity contribution in [3.8, 4) is 0 Å². The lowest BCUT2D eigenvalue weighted by Crippen LogP contribution is -2.61. The number of nitrogens with zero attached hydrogens (tertiary/aromatic N) is 2. The molecule has 0 unspecified atom stereocenters. The fourth-order valence-corrected chi connectivity index (χ4v) is 2.52. The Bertz CT molecular complexity index is 322. The van der Waals surface area contributed by atoms with Gasteiger partial charge >= 0.3 is 0 Å². The van der Waals surface area contributed by atoms with E-state index >= 15 is 0 Å². The van der Waals surface area contributed by atoms with E-state index in [2.05, 4.69) is 16.8 Å². The molecule has 0 atom stereocenters. The van der Waals surface area contributed by atoms with Crippen molar-refractivity contribution in [1.82, 2.24) is 4.98 Å². The predicted molar refractivity (Wildman–Crippen MR) is 59.3 cm³/mol. The smallest absolute Gasteiger partial charge is 0.185 e. The quantitative estimate of drug-likeness (QED) is 0.747. The number of aromatic nitrogens is 1. The van der Waals surface area contributed by atoms with Gasteiger partial charge in [-0.1, -0.05) is 0 Å². The third-order valence-electron chi connectivity index (χ3n) is 2.49. The molecule has 0 radical (unpaired) electrons. The van der Waals surface area contributed by atoms with Gasteiger partial charge < -0.3 is 9.64 Å². The molecule has 0 amide bonds. The zero-order valence-electron chi connectivity index (χ0n) is 8.29. The summed E-state index contributed by atoms with van der Waals surface area (Å²) in [5.41, 5.74) is 0.00674. The SMILES string of the molecule is COC1(C)CN(c2ncc(CCl)s2)C1. The molecule has 0 aromatic carbocycles. The second kappa shape index (κ2) is 3.68. The first kappa shape index (κ1) is 10.2. The summed E-state index contributed by atoms with van der Waals surface area (Å²) in [6.45, 7) is 3.94. The van der Waals surface area contributed by atoms with Gasteiger partial charge in [-0.15, -0.1) is 22.9 Å². The fraction of sp³-hybridized carbons (Fsp3) is 0.667. The molecular weight excluding hydrogens is 220 g/mol. The minimum absolute atomic E-state index is 0.00674. The molecule has 1 fully saturated rings. The highest BCUT2D eigenvalue weighted by Crippen LogP contribution is 2.32. The van der Waals surface area contributed by atoms with Gasteiger partial charge in [-0.05, 0) is 6.92 Å². The zero-order valence-corrected chi connectivity index (χ0v) is 9.86. The van der Waals surface area contributed by atoms with Crippen LogP contribution in [0.15, 0.2) is 6.20 Å². The minimum Gasteiger partial charge on any atom is -0.375 e. The molecule has 0 N–H and O–H groups in total. The molecule has 0 bridgehead atoms. The number of hydrogen-bond donors (Lipinski definition) is 0. The molecule has 1 saturated heterocycles.